The molecule has 0 aliphatic heterocycles. The molecule has 0 spiro atoms. The molecule has 6 rings (SSSR count). The fourth-order valence-electron chi connectivity index (χ4n) is 4.53. The average molecular weight is 455 g/mol. The zero-order valence-electron chi connectivity index (χ0n) is 18.0. The topological polar surface area (TPSA) is 67.8 Å². The molecule has 2 heterocycles. The molecule has 164 valence electrons. The lowest BCUT2D eigenvalue weighted by molar-refractivity contribution is -0.117. The highest BCUT2D eigenvalue weighted by molar-refractivity contribution is 6.30. The van der Waals surface area contributed by atoms with E-state index in [-0.39, 0.29) is 17.7 Å². The summed E-state index contributed by atoms with van der Waals surface area (Å²) in [4.78, 5) is 26.0. The largest absolute Gasteiger partial charge is 0.310 e. The highest BCUT2D eigenvalue weighted by atomic mass is 35.5. The molecule has 2 saturated carbocycles. The smallest absolute Gasteiger partial charge is 0.229 e. The summed E-state index contributed by atoms with van der Waals surface area (Å²) < 4.78 is 0. The second-order valence-corrected chi connectivity index (χ2v) is 9.57. The van der Waals surface area contributed by atoms with Crippen molar-refractivity contribution in [3.8, 4) is 0 Å². The predicted molar refractivity (Wildman–Crippen MR) is 129 cm³/mol. The van der Waals surface area contributed by atoms with Gasteiger partial charge in [0.15, 0.2) is 0 Å². The molecule has 2 aliphatic rings. The van der Waals surface area contributed by atoms with Crippen molar-refractivity contribution in [1.29, 1.82) is 0 Å². The van der Waals surface area contributed by atoms with Gasteiger partial charge >= 0.3 is 0 Å². The lowest BCUT2D eigenvalue weighted by Crippen LogP contribution is -2.16. The van der Waals surface area contributed by atoms with Crippen LogP contribution in [-0.4, -0.2) is 20.9 Å². The van der Waals surface area contributed by atoms with E-state index in [2.05, 4.69) is 44.5 Å². The van der Waals surface area contributed by atoms with E-state index in [1.807, 2.05) is 36.5 Å². The van der Waals surface area contributed by atoms with Crippen LogP contribution in [0.25, 0.3) is 10.9 Å². The molecule has 6 heteroatoms. The number of anilines is 1. The third-order valence-electron chi connectivity index (χ3n) is 6.58. The van der Waals surface area contributed by atoms with E-state index in [9.17, 15) is 4.79 Å². The number of carbonyl (C=O) groups excluding carboxylic acids is 1. The summed E-state index contributed by atoms with van der Waals surface area (Å²) in [6, 6.07) is 18.2. The molecular formula is C27H23ClN4O. The molecule has 4 aromatic rings. The van der Waals surface area contributed by atoms with Gasteiger partial charge in [-0.25, -0.2) is 9.97 Å². The molecule has 2 aromatic heterocycles. The number of nitrogens with zero attached hydrogens (tertiary/aromatic N) is 3. The number of pyridine rings is 1. The van der Waals surface area contributed by atoms with Crippen molar-refractivity contribution in [2.24, 2.45) is 5.92 Å². The Bertz CT molecular complexity index is 1370. The van der Waals surface area contributed by atoms with E-state index in [4.69, 9.17) is 11.6 Å². The number of amides is 1. The van der Waals surface area contributed by atoms with E-state index in [0.717, 1.165) is 28.8 Å². The van der Waals surface area contributed by atoms with Crippen molar-refractivity contribution in [3.05, 3.63) is 94.5 Å². The number of nitrogens with one attached hydrogen (secondary N) is 1. The Labute approximate surface area is 197 Å². The fourth-order valence-corrected chi connectivity index (χ4v) is 4.73. The first-order chi connectivity index (χ1) is 16.1. The van der Waals surface area contributed by atoms with Gasteiger partial charge in [-0.2, -0.15) is 0 Å². The van der Waals surface area contributed by atoms with Gasteiger partial charge < -0.3 is 5.32 Å². The first-order valence-electron chi connectivity index (χ1n) is 11.4. The molecular weight excluding hydrogens is 432 g/mol. The summed E-state index contributed by atoms with van der Waals surface area (Å²) >= 11 is 6.09. The Balaban J connectivity index is 1.14. The number of halogens is 1. The van der Waals surface area contributed by atoms with Crippen LogP contribution in [0.4, 0.5) is 5.82 Å². The van der Waals surface area contributed by atoms with Gasteiger partial charge in [0, 0.05) is 35.0 Å². The van der Waals surface area contributed by atoms with E-state index < -0.39 is 0 Å². The zero-order chi connectivity index (χ0) is 22.4. The van der Waals surface area contributed by atoms with Gasteiger partial charge in [-0.1, -0.05) is 29.8 Å². The minimum absolute atomic E-state index is 0.00555. The summed E-state index contributed by atoms with van der Waals surface area (Å²) in [5.41, 5.74) is 5.49. The first-order valence-corrected chi connectivity index (χ1v) is 11.8. The lowest BCUT2D eigenvalue weighted by Gasteiger charge is -2.08. The number of rotatable bonds is 6. The van der Waals surface area contributed by atoms with Gasteiger partial charge in [0.05, 0.1) is 11.2 Å². The van der Waals surface area contributed by atoms with Crippen LogP contribution in [0.5, 0.6) is 0 Å². The van der Waals surface area contributed by atoms with Gasteiger partial charge in [0.2, 0.25) is 5.91 Å². The van der Waals surface area contributed by atoms with Crippen molar-refractivity contribution in [2.75, 3.05) is 5.32 Å². The maximum Gasteiger partial charge on any atom is 0.229 e. The van der Waals surface area contributed by atoms with Crippen LogP contribution in [-0.2, 0) is 11.2 Å². The van der Waals surface area contributed by atoms with Gasteiger partial charge in [-0.15, -0.1) is 0 Å². The third-order valence-corrected chi connectivity index (χ3v) is 6.81. The molecule has 5 nitrogen and oxygen atoms in total. The average Bonchev–Trinajstić information content (AvgIpc) is 3.72. The van der Waals surface area contributed by atoms with Gasteiger partial charge in [-0.3, -0.25) is 9.78 Å². The Kier molecular flexibility index (Phi) is 5.07. The monoisotopic (exact) mass is 454 g/mol. The third kappa shape index (κ3) is 4.46. The summed E-state index contributed by atoms with van der Waals surface area (Å²) in [7, 11) is 0. The second-order valence-electron chi connectivity index (χ2n) is 9.13. The minimum atomic E-state index is -0.0458. The van der Waals surface area contributed by atoms with Crippen molar-refractivity contribution in [3.63, 3.8) is 0 Å². The maximum atomic E-state index is 12.7. The normalized spacial score (nSPS) is 19.4. The SMILES string of the molecule is O=C(Nc1cc(Cc2ccc3ncc(C4CC4)cc3c2)ncn1)[C@H]1C[C@@H]1c1cccc(Cl)c1. The number of carbonyl (C=O) groups is 1. The Morgan fingerprint density at radius 1 is 1.00 bits per heavy atom. The minimum Gasteiger partial charge on any atom is -0.310 e. The van der Waals surface area contributed by atoms with Crippen molar-refractivity contribution in [1.82, 2.24) is 15.0 Å². The number of hydrogen-bond donors (Lipinski definition) is 1. The van der Waals surface area contributed by atoms with Crippen molar-refractivity contribution >= 4 is 34.2 Å². The molecule has 0 unspecified atom stereocenters. The molecule has 2 fully saturated rings. The van der Waals surface area contributed by atoms with Gasteiger partial charge in [0.25, 0.3) is 0 Å². The van der Waals surface area contributed by atoms with Crippen molar-refractivity contribution < 1.29 is 4.79 Å². The first kappa shape index (κ1) is 20.3. The van der Waals surface area contributed by atoms with E-state index in [0.29, 0.717) is 23.2 Å². The number of aromatic nitrogens is 3. The van der Waals surface area contributed by atoms with Crippen LogP contribution in [0.1, 0.15) is 53.5 Å². The molecule has 1 N–H and O–H groups in total. The molecule has 0 bridgehead atoms. The maximum absolute atomic E-state index is 12.7. The predicted octanol–water partition coefficient (Wildman–Crippen LogP) is 5.89. The van der Waals surface area contributed by atoms with E-state index >= 15 is 0 Å². The zero-order valence-corrected chi connectivity index (χ0v) is 18.8. The molecule has 2 atom stereocenters. The summed E-state index contributed by atoms with van der Waals surface area (Å²) in [6.45, 7) is 0. The van der Waals surface area contributed by atoms with Gasteiger partial charge in [-0.05, 0) is 78.1 Å². The number of benzene rings is 2. The summed E-state index contributed by atoms with van der Waals surface area (Å²) in [5.74, 6) is 1.39. The van der Waals surface area contributed by atoms with E-state index in [1.54, 1.807) is 0 Å². The van der Waals surface area contributed by atoms with Crippen LogP contribution < -0.4 is 5.32 Å². The molecule has 1 amide bonds. The fraction of sp³-hybridized carbons (Fsp3) is 0.259. The highest BCUT2D eigenvalue weighted by Crippen LogP contribution is 2.48. The Hall–Kier alpha value is -3.31. The lowest BCUT2D eigenvalue weighted by atomic mass is 10.0. The highest BCUT2D eigenvalue weighted by Gasteiger charge is 2.44. The van der Waals surface area contributed by atoms with E-state index in [1.165, 1.54) is 30.1 Å². The number of hydrogen-bond acceptors (Lipinski definition) is 4. The van der Waals surface area contributed by atoms with Crippen LogP contribution >= 0.6 is 11.6 Å². The Morgan fingerprint density at radius 2 is 1.91 bits per heavy atom. The van der Waals surface area contributed by atoms with Crippen LogP contribution in [0.2, 0.25) is 5.02 Å². The summed E-state index contributed by atoms with van der Waals surface area (Å²) in [5, 5.41) is 4.84. The molecule has 2 aliphatic carbocycles. The standard InChI is InChI=1S/C27H23ClN4O/c28-21-3-1-2-18(11-21)23-13-24(23)27(33)32-26-12-22(30-15-31-26)9-16-4-7-25-19(8-16)10-20(14-29-25)17-5-6-17/h1-4,7-8,10-12,14-15,17,23-24H,5-6,9,13H2,(H,30,31,32,33)/t23-,24+/m1/s1. The molecule has 0 saturated heterocycles. The number of fused-ring (bicyclic) bond motifs is 1. The quantitative estimate of drug-likeness (QED) is 0.394. The molecule has 0 radical (unpaired) electrons. The summed E-state index contributed by atoms with van der Waals surface area (Å²) in [6.07, 6.45) is 7.56. The van der Waals surface area contributed by atoms with Crippen molar-refractivity contribution in [2.45, 2.75) is 37.5 Å². The van der Waals surface area contributed by atoms with Crippen LogP contribution in [0, 0.1) is 5.92 Å². The Morgan fingerprint density at radius 3 is 2.76 bits per heavy atom. The van der Waals surface area contributed by atoms with Crippen LogP contribution in [0.15, 0.2) is 67.1 Å². The molecule has 2 aromatic carbocycles. The second kappa shape index (κ2) is 8.23. The van der Waals surface area contributed by atoms with Crippen LogP contribution in [0.3, 0.4) is 0 Å². The van der Waals surface area contributed by atoms with Gasteiger partial charge in [0.1, 0.15) is 12.1 Å². The molecule has 33 heavy (non-hydrogen) atoms.